The SMILES string of the molecule is CC(CN1CC(=O)C(C(=O)O)C(=O)C1)N1CC(=O)C(C(=O)O)C(=O)C1. The number of hydrogen-bond acceptors (Lipinski definition) is 8. The molecule has 10 heteroatoms. The molecule has 0 aromatic heterocycles. The predicted octanol–water partition coefficient (Wildman–Crippen LogP) is -2.32. The van der Waals surface area contributed by atoms with Gasteiger partial charge < -0.3 is 10.2 Å². The molecular formula is C15H18N2O8. The molecule has 2 fully saturated rings. The van der Waals surface area contributed by atoms with Crippen LogP contribution in [-0.2, 0) is 28.8 Å². The first-order chi connectivity index (χ1) is 11.6. The molecule has 2 rings (SSSR count). The minimum Gasteiger partial charge on any atom is -0.480 e. The number of carbonyl (C=O) groups is 6. The van der Waals surface area contributed by atoms with Crippen LogP contribution in [0.4, 0.5) is 0 Å². The minimum atomic E-state index is -1.64. The van der Waals surface area contributed by atoms with Gasteiger partial charge in [0.05, 0.1) is 26.2 Å². The standard InChI is InChI=1S/C15H18N2O8/c1-7(17-5-10(20)13(15(24)25)11(21)6-17)2-16-3-8(18)12(14(22)23)9(19)4-16/h7,12-13H,2-6H2,1H3,(H,22,23)(H,24,25). The van der Waals surface area contributed by atoms with Crippen LogP contribution in [0, 0.1) is 11.8 Å². The van der Waals surface area contributed by atoms with E-state index in [2.05, 4.69) is 0 Å². The van der Waals surface area contributed by atoms with E-state index in [4.69, 9.17) is 10.2 Å². The quantitative estimate of drug-likeness (QED) is 0.515. The van der Waals surface area contributed by atoms with Crippen molar-refractivity contribution in [2.75, 3.05) is 32.7 Å². The van der Waals surface area contributed by atoms with E-state index in [1.165, 1.54) is 9.80 Å². The number of aliphatic carboxylic acids is 2. The third kappa shape index (κ3) is 3.97. The first kappa shape index (κ1) is 18.9. The van der Waals surface area contributed by atoms with E-state index in [1.54, 1.807) is 6.92 Å². The Morgan fingerprint density at radius 3 is 1.60 bits per heavy atom. The number of piperidine rings is 2. The van der Waals surface area contributed by atoms with E-state index in [1.807, 2.05) is 0 Å². The Hall–Kier alpha value is -2.46. The summed E-state index contributed by atoms with van der Waals surface area (Å²) >= 11 is 0. The van der Waals surface area contributed by atoms with E-state index < -0.39 is 52.9 Å². The molecule has 0 aromatic rings. The third-order valence-electron chi connectivity index (χ3n) is 4.40. The van der Waals surface area contributed by atoms with Crippen LogP contribution in [0.5, 0.6) is 0 Å². The summed E-state index contributed by atoms with van der Waals surface area (Å²) in [6.07, 6.45) is 0. The van der Waals surface area contributed by atoms with Gasteiger partial charge in [-0.3, -0.25) is 38.6 Å². The summed E-state index contributed by atoms with van der Waals surface area (Å²) in [7, 11) is 0. The lowest BCUT2D eigenvalue weighted by Crippen LogP contribution is -2.57. The number of rotatable bonds is 5. The van der Waals surface area contributed by atoms with Crippen LogP contribution in [0.3, 0.4) is 0 Å². The Balaban J connectivity index is 1.98. The molecule has 1 atom stereocenters. The number of likely N-dealkylation sites (tertiary alicyclic amines) is 2. The normalized spacial score (nSPS) is 23.1. The summed E-state index contributed by atoms with van der Waals surface area (Å²) in [4.78, 5) is 72.1. The number of carboxylic acids is 2. The van der Waals surface area contributed by atoms with Crippen LogP contribution in [0.15, 0.2) is 0 Å². The maximum atomic E-state index is 11.8. The molecule has 2 N–H and O–H groups in total. The molecule has 1 unspecified atom stereocenters. The van der Waals surface area contributed by atoms with E-state index in [0.29, 0.717) is 0 Å². The van der Waals surface area contributed by atoms with Crippen molar-refractivity contribution in [2.24, 2.45) is 11.8 Å². The molecule has 0 radical (unpaired) electrons. The van der Waals surface area contributed by atoms with Crippen LogP contribution >= 0.6 is 0 Å². The molecule has 136 valence electrons. The molecule has 2 aliphatic heterocycles. The maximum Gasteiger partial charge on any atom is 0.321 e. The van der Waals surface area contributed by atoms with Gasteiger partial charge in [0.2, 0.25) is 0 Å². The number of nitrogens with zero attached hydrogens (tertiary/aromatic N) is 2. The zero-order chi connectivity index (χ0) is 18.9. The van der Waals surface area contributed by atoms with Crippen molar-refractivity contribution in [1.29, 1.82) is 0 Å². The molecule has 0 saturated carbocycles. The van der Waals surface area contributed by atoms with Crippen molar-refractivity contribution in [1.82, 2.24) is 9.80 Å². The van der Waals surface area contributed by atoms with E-state index >= 15 is 0 Å². The Kier molecular flexibility index (Phi) is 5.43. The molecule has 2 aliphatic rings. The van der Waals surface area contributed by atoms with Crippen LogP contribution in [-0.4, -0.2) is 93.9 Å². The molecule has 0 amide bonds. The summed E-state index contributed by atoms with van der Waals surface area (Å²) in [6.45, 7) is 1.01. The monoisotopic (exact) mass is 354 g/mol. The third-order valence-corrected chi connectivity index (χ3v) is 4.40. The van der Waals surface area contributed by atoms with Gasteiger partial charge in [-0.05, 0) is 6.92 Å². The minimum absolute atomic E-state index is 0.169. The lowest BCUT2D eigenvalue weighted by atomic mass is 9.92. The number of Topliss-reactive ketones (excluding diaryl/α,β-unsaturated/α-hetero) is 4. The molecule has 0 aromatic carbocycles. The molecule has 0 bridgehead atoms. The highest BCUT2D eigenvalue weighted by atomic mass is 16.4. The van der Waals surface area contributed by atoms with E-state index in [9.17, 15) is 28.8 Å². The number of carboxylic acid groups (broad SMARTS) is 2. The molecule has 25 heavy (non-hydrogen) atoms. The van der Waals surface area contributed by atoms with Crippen LogP contribution in [0.1, 0.15) is 6.92 Å². The van der Waals surface area contributed by atoms with Gasteiger partial charge in [0.1, 0.15) is 0 Å². The second-order valence-corrected chi connectivity index (χ2v) is 6.33. The molecule has 2 heterocycles. The van der Waals surface area contributed by atoms with Gasteiger partial charge in [-0.1, -0.05) is 0 Å². The molecule has 10 nitrogen and oxygen atoms in total. The zero-order valence-electron chi connectivity index (χ0n) is 13.5. The first-order valence-electron chi connectivity index (χ1n) is 7.64. The number of hydrogen-bond donors (Lipinski definition) is 2. The summed E-state index contributed by atoms with van der Waals surface area (Å²) in [5, 5.41) is 17.8. The number of ketones is 4. The summed E-state index contributed by atoms with van der Waals surface area (Å²) in [6, 6.07) is -0.398. The lowest BCUT2D eigenvalue weighted by molar-refractivity contribution is -0.157. The first-order valence-corrected chi connectivity index (χ1v) is 7.64. The molecule has 0 spiro atoms. The van der Waals surface area contributed by atoms with Gasteiger partial charge in [-0.15, -0.1) is 0 Å². The summed E-state index contributed by atoms with van der Waals surface area (Å²) in [5.74, 6) is -9.01. The number of carbonyl (C=O) groups excluding carboxylic acids is 4. The molecule has 2 saturated heterocycles. The van der Waals surface area contributed by atoms with E-state index in [0.717, 1.165) is 0 Å². The van der Waals surface area contributed by atoms with Gasteiger partial charge in [-0.2, -0.15) is 0 Å². The topological polar surface area (TPSA) is 149 Å². The fourth-order valence-electron chi connectivity index (χ4n) is 3.16. The highest BCUT2D eigenvalue weighted by molar-refractivity contribution is 6.20. The van der Waals surface area contributed by atoms with Crippen molar-refractivity contribution >= 4 is 35.1 Å². The van der Waals surface area contributed by atoms with Gasteiger partial charge in [0.15, 0.2) is 35.0 Å². The Bertz CT molecular complexity index is 622. The summed E-state index contributed by atoms with van der Waals surface area (Å²) < 4.78 is 0. The highest BCUT2D eigenvalue weighted by Gasteiger charge is 2.42. The average Bonchev–Trinajstić information content (AvgIpc) is 2.44. The zero-order valence-corrected chi connectivity index (χ0v) is 13.5. The largest absolute Gasteiger partial charge is 0.480 e. The second-order valence-electron chi connectivity index (χ2n) is 6.33. The van der Waals surface area contributed by atoms with Crippen molar-refractivity contribution in [2.45, 2.75) is 13.0 Å². The average molecular weight is 354 g/mol. The Labute approximate surface area is 142 Å². The van der Waals surface area contributed by atoms with Crippen LogP contribution < -0.4 is 0 Å². The maximum absolute atomic E-state index is 11.8. The fraction of sp³-hybridized carbons (Fsp3) is 0.600. The fourth-order valence-corrected chi connectivity index (χ4v) is 3.16. The molecule has 0 aliphatic carbocycles. The van der Waals surface area contributed by atoms with Crippen molar-refractivity contribution in [3.63, 3.8) is 0 Å². The lowest BCUT2D eigenvalue weighted by Gasteiger charge is -2.36. The van der Waals surface area contributed by atoms with Gasteiger partial charge in [0, 0.05) is 12.6 Å². The van der Waals surface area contributed by atoms with Crippen molar-refractivity contribution in [3.8, 4) is 0 Å². The second kappa shape index (κ2) is 7.19. The van der Waals surface area contributed by atoms with Gasteiger partial charge >= 0.3 is 11.9 Å². The van der Waals surface area contributed by atoms with E-state index in [-0.39, 0.29) is 32.7 Å². The van der Waals surface area contributed by atoms with Gasteiger partial charge in [-0.25, -0.2) is 0 Å². The van der Waals surface area contributed by atoms with Crippen molar-refractivity contribution in [3.05, 3.63) is 0 Å². The Morgan fingerprint density at radius 2 is 1.24 bits per heavy atom. The van der Waals surface area contributed by atoms with Gasteiger partial charge in [0.25, 0.3) is 0 Å². The highest BCUT2D eigenvalue weighted by Crippen LogP contribution is 2.17. The Morgan fingerprint density at radius 1 is 0.880 bits per heavy atom. The molecular weight excluding hydrogens is 336 g/mol. The predicted molar refractivity (Wildman–Crippen MR) is 79.8 cm³/mol. The summed E-state index contributed by atoms with van der Waals surface area (Å²) in [5.41, 5.74) is 0. The van der Waals surface area contributed by atoms with Crippen LogP contribution in [0.25, 0.3) is 0 Å². The van der Waals surface area contributed by atoms with Crippen LogP contribution in [0.2, 0.25) is 0 Å². The smallest absolute Gasteiger partial charge is 0.321 e. The van der Waals surface area contributed by atoms with Crippen molar-refractivity contribution < 1.29 is 39.0 Å².